The van der Waals surface area contributed by atoms with E-state index < -0.39 is 5.97 Å². The second-order valence-corrected chi connectivity index (χ2v) is 13.7. The quantitative estimate of drug-likeness (QED) is 0.0728. The SMILES string of the molecule is O=C(O)CCOCCOCCOCCOCCOCCOCCOCCOCCOCCOCCOCCOCCNC(=O)CCC(=O)N1Cc2ccccc2C#Cc2ccccc21.[HH]. The van der Waals surface area contributed by atoms with Crippen molar-refractivity contribution >= 4 is 23.5 Å². The van der Waals surface area contributed by atoms with Crippen LogP contribution in [0.2, 0.25) is 0 Å². The number of rotatable bonds is 42. The molecule has 0 fully saturated rings. The number of hydrogen-bond donors (Lipinski definition) is 2. The lowest BCUT2D eigenvalue weighted by Gasteiger charge is -2.26. The molecule has 18 heteroatoms. The molecule has 0 saturated heterocycles. The molecule has 1 aliphatic rings. The molecule has 64 heavy (non-hydrogen) atoms. The Morgan fingerprint density at radius 1 is 0.469 bits per heavy atom. The fraction of sp³-hybridized carbons (Fsp3) is 0.630. The number of carbonyl (C=O) groups excluding carboxylic acids is 2. The topological polar surface area (TPSA) is 197 Å². The van der Waals surface area contributed by atoms with E-state index in [0.717, 1.165) is 22.4 Å². The molecule has 0 atom stereocenters. The fourth-order valence-corrected chi connectivity index (χ4v) is 5.59. The van der Waals surface area contributed by atoms with Gasteiger partial charge in [-0.2, -0.15) is 0 Å². The number of amides is 2. The zero-order valence-corrected chi connectivity index (χ0v) is 37.1. The van der Waals surface area contributed by atoms with E-state index in [2.05, 4.69) is 17.2 Å². The van der Waals surface area contributed by atoms with Crippen LogP contribution in [0.1, 0.15) is 37.4 Å². The first-order valence-corrected chi connectivity index (χ1v) is 22.0. The van der Waals surface area contributed by atoms with Gasteiger partial charge in [0, 0.05) is 31.9 Å². The number of fused-ring (bicyclic) bond motifs is 2. The average molecular weight is 907 g/mol. The molecule has 360 valence electrons. The van der Waals surface area contributed by atoms with E-state index in [9.17, 15) is 14.4 Å². The van der Waals surface area contributed by atoms with Crippen LogP contribution in [0.3, 0.4) is 0 Å². The van der Waals surface area contributed by atoms with Crippen LogP contribution in [-0.4, -0.2) is 188 Å². The maximum atomic E-state index is 13.3. The summed E-state index contributed by atoms with van der Waals surface area (Å²) in [6, 6.07) is 15.4. The Morgan fingerprint density at radius 3 is 1.27 bits per heavy atom. The van der Waals surface area contributed by atoms with Crippen molar-refractivity contribution < 1.29 is 77.8 Å². The minimum Gasteiger partial charge on any atom is -0.481 e. The minimum absolute atomic E-state index is 0. The molecule has 0 saturated carbocycles. The van der Waals surface area contributed by atoms with Gasteiger partial charge in [-0.1, -0.05) is 42.2 Å². The molecule has 0 aliphatic carbocycles. The van der Waals surface area contributed by atoms with Crippen LogP contribution in [0.5, 0.6) is 0 Å². The van der Waals surface area contributed by atoms with E-state index in [-0.39, 0.29) is 39.1 Å². The van der Waals surface area contributed by atoms with Crippen LogP contribution >= 0.6 is 0 Å². The number of anilines is 1. The van der Waals surface area contributed by atoms with Gasteiger partial charge in [0.25, 0.3) is 0 Å². The number of nitrogens with one attached hydrogen (secondary N) is 1. The molecule has 2 amide bonds. The Morgan fingerprint density at radius 2 is 0.828 bits per heavy atom. The van der Waals surface area contributed by atoms with Crippen LogP contribution < -0.4 is 10.2 Å². The van der Waals surface area contributed by atoms with Gasteiger partial charge in [0.05, 0.1) is 177 Å². The molecule has 0 spiro atoms. The van der Waals surface area contributed by atoms with Crippen molar-refractivity contribution in [3.05, 3.63) is 65.2 Å². The number of nitrogens with zero attached hydrogens (tertiary/aromatic N) is 1. The molecular formula is C46H70N2O16. The van der Waals surface area contributed by atoms with Crippen molar-refractivity contribution in [2.75, 3.05) is 170 Å². The van der Waals surface area contributed by atoms with Gasteiger partial charge in [-0.3, -0.25) is 14.4 Å². The Bertz CT molecular complexity index is 1600. The first kappa shape index (κ1) is 54.3. The molecule has 0 unspecified atom stereocenters. The number of carboxylic acid groups (broad SMARTS) is 1. The Hall–Kier alpha value is -4.07. The zero-order valence-electron chi connectivity index (χ0n) is 37.1. The van der Waals surface area contributed by atoms with Crippen LogP contribution in [0.15, 0.2) is 48.5 Å². The third kappa shape index (κ3) is 28.0. The molecule has 0 aromatic heterocycles. The number of ether oxygens (including phenoxy) is 12. The smallest absolute Gasteiger partial charge is 0.305 e. The molecule has 3 rings (SSSR count). The van der Waals surface area contributed by atoms with Gasteiger partial charge < -0.3 is 72.2 Å². The summed E-state index contributed by atoms with van der Waals surface area (Å²) in [6.07, 6.45) is 0.153. The van der Waals surface area contributed by atoms with Crippen LogP contribution in [-0.2, 0) is 77.8 Å². The van der Waals surface area contributed by atoms with Gasteiger partial charge in [0.15, 0.2) is 0 Å². The van der Waals surface area contributed by atoms with Crippen molar-refractivity contribution in [2.45, 2.75) is 25.8 Å². The van der Waals surface area contributed by atoms with Gasteiger partial charge in [-0.15, -0.1) is 0 Å². The number of carboxylic acids is 1. The van der Waals surface area contributed by atoms with Crippen molar-refractivity contribution in [2.24, 2.45) is 0 Å². The number of aliphatic carboxylic acids is 1. The van der Waals surface area contributed by atoms with Crippen molar-refractivity contribution in [3.8, 4) is 11.8 Å². The van der Waals surface area contributed by atoms with E-state index in [1.54, 1.807) is 4.90 Å². The summed E-state index contributed by atoms with van der Waals surface area (Å²) < 4.78 is 65.3. The van der Waals surface area contributed by atoms with Gasteiger partial charge in [-0.05, 0) is 23.8 Å². The van der Waals surface area contributed by atoms with Crippen molar-refractivity contribution in [3.63, 3.8) is 0 Å². The summed E-state index contributed by atoms with van der Waals surface area (Å²) in [5.41, 5.74) is 3.39. The highest BCUT2D eigenvalue weighted by Gasteiger charge is 2.21. The van der Waals surface area contributed by atoms with Crippen molar-refractivity contribution in [1.29, 1.82) is 0 Å². The monoisotopic (exact) mass is 906 g/mol. The molecule has 0 bridgehead atoms. The number of benzene rings is 2. The van der Waals surface area contributed by atoms with E-state index in [1.807, 2.05) is 48.5 Å². The summed E-state index contributed by atoms with van der Waals surface area (Å²) >= 11 is 0. The molecular weight excluding hydrogens is 837 g/mol. The lowest BCUT2D eigenvalue weighted by atomic mass is 10.0. The molecule has 1 aliphatic heterocycles. The summed E-state index contributed by atoms with van der Waals surface area (Å²) in [4.78, 5) is 37.8. The Kier molecular flexibility index (Phi) is 32.4. The minimum atomic E-state index is -0.881. The lowest BCUT2D eigenvalue weighted by Crippen LogP contribution is -2.34. The third-order valence-electron chi connectivity index (χ3n) is 8.86. The molecule has 2 aromatic rings. The average Bonchev–Trinajstić information content (AvgIpc) is 3.29. The largest absolute Gasteiger partial charge is 0.481 e. The first-order valence-electron chi connectivity index (χ1n) is 22.0. The summed E-state index contributed by atoms with van der Waals surface area (Å²) in [5.74, 6) is 5.18. The van der Waals surface area contributed by atoms with E-state index in [1.165, 1.54) is 0 Å². The molecule has 18 nitrogen and oxygen atoms in total. The predicted octanol–water partition coefficient (Wildman–Crippen LogP) is 2.75. The maximum Gasteiger partial charge on any atom is 0.305 e. The van der Waals surface area contributed by atoms with Gasteiger partial charge in [-0.25, -0.2) is 0 Å². The number of para-hydroxylation sites is 1. The fourth-order valence-electron chi connectivity index (χ4n) is 5.59. The van der Waals surface area contributed by atoms with E-state index in [0.29, 0.717) is 165 Å². The Labute approximate surface area is 378 Å². The predicted molar refractivity (Wildman–Crippen MR) is 236 cm³/mol. The van der Waals surface area contributed by atoms with Crippen LogP contribution in [0.4, 0.5) is 5.69 Å². The van der Waals surface area contributed by atoms with Crippen LogP contribution in [0, 0.1) is 11.8 Å². The molecule has 1 heterocycles. The second-order valence-electron chi connectivity index (χ2n) is 13.7. The first-order chi connectivity index (χ1) is 31.5. The Balaban J connectivity index is 0.0000145. The summed E-state index contributed by atoms with van der Waals surface area (Å²) in [6.45, 7) is 11.1. The number of hydrogen-bond acceptors (Lipinski definition) is 15. The highest BCUT2D eigenvalue weighted by Crippen LogP contribution is 2.26. The molecule has 2 N–H and O–H groups in total. The third-order valence-corrected chi connectivity index (χ3v) is 8.86. The van der Waals surface area contributed by atoms with E-state index >= 15 is 0 Å². The highest BCUT2D eigenvalue weighted by molar-refractivity contribution is 5.96. The number of carbonyl (C=O) groups is 3. The standard InChI is InChI=1S/C46H68N2O16.H2/c49-44(11-12-45(50)48-39-42-7-2-1-5-40(42)9-10-41-6-3-4-8-43(41)48)47-14-16-54-18-20-56-22-24-58-26-28-60-30-32-62-34-36-64-38-37-63-35-33-61-31-29-59-27-25-57-23-21-55-19-17-53-15-13-46(51)52;/h1-8H,11-39H2,(H,47,49)(H,51,52);1H. The van der Waals surface area contributed by atoms with Gasteiger partial charge in [0.1, 0.15) is 0 Å². The summed E-state index contributed by atoms with van der Waals surface area (Å²) in [7, 11) is 0. The molecule has 0 radical (unpaired) electrons. The van der Waals surface area contributed by atoms with Crippen molar-refractivity contribution in [1.82, 2.24) is 5.32 Å². The maximum absolute atomic E-state index is 13.3. The van der Waals surface area contributed by atoms with Gasteiger partial charge >= 0.3 is 5.97 Å². The highest BCUT2D eigenvalue weighted by atomic mass is 16.6. The van der Waals surface area contributed by atoms with Crippen LogP contribution in [0.25, 0.3) is 0 Å². The zero-order chi connectivity index (χ0) is 45.4. The normalized spacial score (nSPS) is 11.9. The van der Waals surface area contributed by atoms with Gasteiger partial charge in [0.2, 0.25) is 11.8 Å². The lowest BCUT2D eigenvalue weighted by molar-refractivity contribution is -0.138. The molecule has 2 aromatic carbocycles. The summed E-state index contributed by atoms with van der Waals surface area (Å²) in [5, 5.41) is 11.3. The van der Waals surface area contributed by atoms with E-state index in [4.69, 9.17) is 61.9 Å². The second kappa shape index (κ2) is 38.2.